The summed E-state index contributed by atoms with van der Waals surface area (Å²) in [4.78, 5) is 2.43. The van der Waals surface area contributed by atoms with E-state index in [0.717, 1.165) is 0 Å². The fourth-order valence-electron chi connectivity index (χ4n) is 1.89. The van der Waals surface area contributed by atoms with Gasteiger partial charge in [0.2, 0.25) is 8.96 Å². The third kappa shape index (κ3) is 2.30. The smallest absolute Gasteiger partial charge is 0.225 e. The topological polar surface area (TPSA) is 6.48 Å². The van der Waals surface area contributed by atoms with E-state index >= 15 is 0 Å². The van der Waals surface area contributed by atoms with Gasteiger partial charge in [-0.05, 0) is 26.1 Å². The normalized spacial score (nSPS) is 17.2. The predicted molar refractivity (Wildman–Crippen MR) is 70.6 cm³/mol. The number of hydrogen-bond acceptors (Lipinski definition) is 2. The highest BCUT2D eigenvalue weighted by Crippen LogP contribution is 2.09. The molecule has 0 bridgehead atoms. The Hall–Kier alpha value is -1.22. The van der Waals surface area contributed by atoms with Crippen LogP contribution in [0.3, 0.4) is 0 Å². The lowest BCUT2D eigenvalue weighted by Gasteiger charge is -2.37. The van der Waals surface area contributed by atoms with E-state index in [1.54, 1.807) is 0 Å². The fraction of sp³-hybridized carbons (Fsp3) is 0.385. The summed E-state index contributed by atoms with van der Waals surface area (Å²) in [6.45, 7) is 4.50. The van der Waals surface area contributed by atoms with E-state index < -0.39 is 8.96 Å². The third-order valence-corrected chi connectivity index (χ3v) is 5.68. The van der Waals surface area contributed by atoms with Gasteiger partial charge in [-0.2, -0.15) is 0 Å². The van der Waals surface area contributed by atoms with E-state index in [-0.39, 0.29) is 0 Å². The van der Waals surface area contributed by atoms with Crippen LogP contribution in [-0.2, 0) is 0 Å². The molecule has 0 N–H and O–H groups in total. The Morgan fingerprint density at radius 1 is 1.12 bits per heavy atom. The number of benzene rings is 1. The Morgan fingerprint density at radius 3 is 2.44 bits per heavy atom. The third-order valence-electron chi connectivity index (χ3n) is 3.01. The maximum absolute atomic E-state index is 2.43. The maximum atomic E-state index is 2.43. The minimum atomic E-state index is -0.624. The van der Waals surface area contributed by atoms with Crippen LogP contribution in [-0.4, -0.2) is 37.7 Å². The van der Waals surface area contributed by atoms with E-state index in [2.05, 4.69) is 73.1 Å². The maximum Gasteiger partial charge on any atom is 0.225 e. The molecule has 3 heteroatoms. The predicted octanol–water partition coefficient (Wildman–Crippen LogP) is 1.55. The van der Waals surface area contributed by atoms with Crippen LogP contribution in [0.15, 0.2) is 42.7 Å². The first-order chi connectivity index (χ1) is 7.68. The van der Waals surface area contributed by atoms with Crippen molar-refractivity contribution in [1.29, 1.82) is 0 Å². The van der Waals surface area contributed by atoms with Crippen LogP contribution in [0.25, 0.3) is 0 Å². The molecule has 0 saturated carbocycles. The van der Waals surface area contributed by atoms with Crippen LogP contribution >= 0.6 is 0 Å². The Balaban J connectivity index is 2.19. The van der Waals surface area contributed by atoms with Crippen LogP contribution in [0, 0.1) is 0 Å². The van der Waals surface area contributed by atoms with Crippen molar-refractivity contribution < 1.29 is 0 Å². The molecule has 1 radical (unpaired) electrons. The summed E-state index contributed by atoms with van der Waals surface area (Å²) >= 11 is 0. The molecule has 0 saturated heterocycles. The van der Waals surface area contributed by atoms with E-state index in [1.807, 2.05) is 0 Å². The first kappa shape index (κ1) is 11.3. The summed E-state index contributed by atoms with van der Waals surface area (Å²) in [5, 5.41) is 1.49. The van der Waals surface area contributed by atoms with Gasteiger partial charge in [0.15, 0.2) is 0 Å². The van der Waals surface area contributed by atoms with Gasteiger partial charge in [-0.1, -0.05) is 30.3 Å². The minimum absolute atomic E-state index is 0.591. The largest absolute Gasteiger partial charge is 0.400 e. The number of nitrogens with zero attached hydrogens (tertiary/aromatic N) is 2. The monoisotopic (exact) mass is 231 g/mol. The highest BCUT2D eigenvalue weighted by molar-refractivity contribution is 6.71. The van der Waals surface area contributed by atoms with Crippen LogP contribution < -0.4 is 5.19 Å². The van der Waals surface area contributed by atoms with E-state index in [0.29, 0.717) is 6.04 Å². The average Bonchev–Trinajstić information content (AvgIpc) is 2.30. The van der Waals surface area contributed by atoms with Gasteiger partial charge < -0.3 is 9.47 Å². The quantitative estimate of drug-likeness (QED) is 0.713. The molecule has 0 unspecified atom stereocenters. The molecule has 85 valence electrons. The second kappa shape index (κ2) is 4.74. The van der Waals surface area contributed by atoms with Gasteiger partial charge in [0.05, 0.1) is 0 Å². The Bertz CT molecular complexity index is 361. The lowest BCUT2D eigenvalue weighted by atomic mass is 10.4. The Morgan fingerprint density at radius 2 is 1.81 bits per heavy atom. The van der Waals surface area contributed by atoms with Crippen molar-refractivity contribution in [2.24, 2.45) is 0 Å². The lowest BCUT2D eigenvalue weighted by molar-refractivity contribution is 0.334. The van der Waals surface area contributed by atoms with Gasteiger partial charge in [0, 0.05) is 24.6 Å². The second-order valence-corrected chi connectivity index (χ2v) is 6.98. The van der Waals surface area contributed by atoms with Gasteiger partial charge in [-0.15, -0.1) is 0 Å². The van der Waals surface area contributed by atoms with Crippen LogP contribution in [0.4, 0.5) is 0 Å². The number of hydrogen-bond donors (Lipinski definition) is 0. The van der Waals surface area contributed by atoms with Crippen molar-refractivity contribution in [3.63, 3.8) is 0 Å². The average molecular weight is 231 g/mol. The van der Waals surface area contributed by atoms with E-state index in [1.165, 1.54) is 11.4 Å². The molecule has 16 heavy (non-hydrogen) atoms. The highest BCUT2D eigenvalue weighted by atomic mass is 28.3. The molecule has 1 aromatic carbocycles. The van der Waals surface area contributed by atoms with Crippen molar-refractivity contribution in [3.8, 4) is 0 Å². The fourth-order valence-corrected chi connectivity index (χ4v) is 4.35. The molecule has 0 aromatic heterocycles. The van der Waals surface area contributed by atoms with Gasteiger partial charge in [-0.25, -0.2) is 0 Å². The molecule has 1 aromatic rings. The zero-order chi connectivity index (χ0) is 11.5. The molecule has 0 atom stereocenters. The summed E-state index contributed by atoms with van der Waals surface area (Å²) in [7, 11) is 1.57. The first-order valence-electron chi connectivity index (χ1n) is 5.76. The number of rotatable bonds is 2. The van der Waals surface area contributed by atoms with Gasteiger partial charge in [0.25, 0.3) is 0 Å². The summed E-state index contributed by atoms with van der Waals surface area (Å²) < 4.78 is 2.39. The van der Waals surface area contributed by atoms with E-state index in [9.17, 15) is 0 Å². The summed E-state index contributed by atoms with van der Waals surface area (Å²) in [5.41, 5.74) is 0. The van der Waals surface area contributed by atoms with Gasteiger partial charge in [-0.3, -0.25) is 0 Å². The van der Waals surface area contributed by atoms with Crippen LogP contribution in [0.1, 0.15) is 13.8 Å². The molecular weight excluding hydrogens is 212 g/mol. The van der Waals surface area contributed by atoms with Gasteiger partial charge >= 0.3 is 0 Å². The molecule has 0 amide bonds. The SMILES string of the molecule is CC(C)N1C=CN(C)[Si](c2ccccc2)C1. The molecule has 2 nitrogen and oxygen atoms in total. The lowest BCUT2D eigenvalue weighted by Crippen LogP contribution is -2.54. The minimum Gasteiger partial charge on any atom is -0.400 e. The molecule has 2 rings (SSSR count). The standard InChI is InChI=1S/C13H19N2Si/c1-12(2)15-10-9-14(3)16(11-15)13-7-5-4-6-8-13/h4-10,12H,11H2,1-3H3. The summed E-state index contributed by atoms with van der Waals surface area (Å²) in [6, 6.07) is 11.5. The van der Waals surface area contributed by atoms with Crippen LogP contribution in [0.2, 0.25) is 0 Å². The highest BCUT2D eigenvalue weighted by Gasteiger charge is 2.25. The second-order valence-electron chi connectivity index (χ2n) is 4.49. The Labute approximate surface area is 99.9 Å². The van der Waals surface area contributed by atoms with E-state index in [4.69, 9.17) is 0 Å². The molecule has 0 aliphatic carbocycles. The van der Waals surface area contributed by atoms with Crippen molar-refractivity contribution in [1.82, 2.24) is 9.47 Å². The molecular formula is C13H19N2Si. The molecule has 0 fully saturated rings. The van der Waals surface area contributed by atoms with Crippen molar-refractivity contribution in [2.75, 3.05) is 13.2 Å². The first-order valence-corrected chi connectivity index (χ1v) is 7.42. The zero-order valence-corrected chi connectivity index (χ0v) is 11.2. The Kier molecular flexibility index (Phi) is 3.34. The molecule has 1 aliphatic heterocycles. The molecule has 1 heterocycles. The van der Waals surface area contributed by atoms with Crippen molar-refractivity contribution >= 4 is 14.1 Å². The van der Waals surface area contributed by atoms with Gasteiger partial charge in [0.1, 0.15) is 0 Å². The van der Waals surface area contributed by atoms with Crippen molar-refractivity contribution in [3.05, 3.63) is 42.7 Å². The van der Waals surface area contributed by atoms with Crippen LogP contribution in [0.5, 0.6) is 0 Å². The zero-order valence-electron chi connectivity index (χ0n) is 10.2. The summed E-state index contributed by atoms with van der Waals surface area (Å²) in [6.07, 6.45) is 5.59. The van der Waals surface area contributed by atoms with Crippen molar-refractivity contribution in [2.45, 2.75) is 19.9 Å². The molecule has 1 aliphatic rings. The molecule has 0 spiro atoms. The summed E-state index contributed by atoms with van der Waals surface area (Å²) in [5.74, 6) is 0.